The van der Waals surface area contributed by atoms with E-state index in [4.69, 9.17) is 0 Å². The van der Waals surface area contributed by atoms with Crippen LogP contribution in [0.15, 0.2) is 42.5 Å². The molecule has 0 unspecified atom stereocenters. The van der Waals surface area contributed by atoms with Gasteiger partial charge in [0, 0.05) is 11.4 Å². The van der Waals surface area contributed by atoms with Crippen LogP contribution in [0, 0.1) is 13.8 Å². The highest BCUT2D eigenvalue weighted by Crippen LogP contribution is 2.24. The Labute approximate surface area is 135 Å². The number of benzene rings is 2. The summed E-state index contributed by atoms with van der Waals surface area (Å²) < 4.78 is 0. The molecule has 0 aliphatic carbocycles. The molecule has 22 heavy (non-hydrogen) atoms. The lowest BCUT2D eigenvalue weighted by Gasteiger charge is -2.13. The van der Waals surface area contributed by atoms with Crippen molar-refractivity contribution in [3.05, 3.63) is 73.0 Å². The Morgan fingerprint density at radius 1 is 0.909 bits per heavy atom. The molecule has 1 N–H and O–H groups in total. The SMILES string of the molecule is [CH2]c1ccccc1Nc1ccc(CCCCN(C)C)cc1[CH2]. The molecule has 0 aliphatic heterocycles. The molecule has 0 saturated carbocycles. The van der Waals surface area contributed by atoms with Crippen LogP contribution in [0.2, 0.25) is 0 Å². The van der Waals surface area contributed by atoms with Gasteiger partial charge >= 0.3 is 0 Å². The van der Waals surface area contributed by atoms with Gasteiger partial charge in [-0.15, -0.1) is 0 Å². The van der Waals surface area contributed by atoms with Crippen molar-refractivity contribution >= 4 is 11.4 Å². The van der Waals surface area contributed by atoms with Crippen molar-refractivity contribution in [2.45, 2.75) is 19.3 Å². The summed E-state index contributed by atoms with van der Waals surface area (Å²) in [6.07, 6.45) is 3.56. The second-order valence-corrected chi connectivity index (χ2v) is 6.03. The molecule has 2 aromatic carbocycles. The molecule has 0 fully saturated rings. The number of nitrogens with one attached hydrogen (secondary N) is 1. The summed E-state index contributed by atoms with van der Waals surface area (Å²) >= 11 is 0. The monoisotopic (exact) mass is 294 g/mol. The van der Waals surface area contributed by atoms with E-state index in [0.717, 1.165) is 35.5 Å². The van der Waals surface area contributed by atoms with Gasteiger partial charge < -0.3 is 10.2 Å². The number of unbranched alkanes of at least 4 members (excludes halogenated alkanes) is 1. The van der Waals surface area contributed by atoms with Crippen molar-refractivity contribution in [1.29, 1.82) is 0 Å². The first kappa shape index (κ1) is 16.6. The van der Waals surface area contributed by atoms with E-state index in [2.05, 4.69) is 56.4 Å². The molecule has 0 aromatic heterocycles. The van der Waals surface area contributed by atoms with E-state index in [1.54, 1.807) is 0 Å². The van der Waals surface area contributed by atoms with E-state index in [-0.39, 0.29) is 0 Å². The van der Waals surface area contributed by atoms with Gasteiger partial charge in [-0.2, -0.15) is 0 Å². The third-order valence-electron chi connectivity index (χ3n) is 3.78. The van der Waals surface area contributed by atoms with Crippen LogP contribution in [0.25, 0.3) is 0 Å². The Hall–Kier alpha value is -1.80. The summed E-state index contributed by atoms with van der Waals surface area (Å²) in [5.74, 6) is 0. The molecule has 0 amide bonds. The van der Waals surface area contributed by atoms with Crippen LogP contribution in [0.1, 0.15) is 29.5 Å². The topological polar surface area (TPSA) is 15.3 Å². The van der Waals surface area contributed by atoms with Crippen molar-refractivity contribution in [3.63, 3.8) is 0 Å². The Kier molecular flexibility index (Phi) is 6.02. The van der Waals surface area contributed by atoms with Crippen LogP contribution in [0.5, 0.6) is 0 Å². The molecule has 0 atom stereocenters. The van der Waals surface area contributed by atoms with Gasteiger partial charge in [0.1, 0.15) is 0 Å². The number of hydrogen-bond acceptors (Lipinski definition) is 2. The van der Waals surface area contributed by atoms with E-state index in [9.17, 15) is 0 Å². The van der Waals surface area contributed by atoms with Crippen molar-refractivity contribution in [1.82, 2.24) is 4.90 Å². The fourth-order valence-electron chi connectivity index (χ4n) is 2.47. The zero-order valence-electron chi connectivity index (χ0n) is 13.7. The van der Waals surface area contributed by atoms with Crippen LogP contribution < -0.4 is 5.32 Å². The van der Waals surface area contributed by atoms with Gasteiger partial charge in [-0.05, 0) is 82.6 Å². The Balaban J connectivity index is 1.96. The van der Waals surface area contributed by atoms with Crippen LogP contribution in [-0.2, 0) is 6.42 Å². The number of para-hydroxylation sites is 1. The highest BCUT2D eigenvalue weighted by atomic mass is 15.0. The molecule has 2 heteroatoms. The molecule has 2 rings (SSSR count). The Bertz CT molecular complexity index is 602. The van der Waals surface area contributed by atoms with Crippen molar-refractivity contribution in [2.24, 2.45) is 0 Å². The number of rotatable bonds is 7. The van der Waals surface area contributed by atoms with Crippen LogP contribution in [0.4, 0.5) is 11.4 Å². The minimum Gasteiger partial charge on any atom is -0.355 e. The summed E-state index contributed by atoms with van der Waals surface area (Å²) in [4.78, 5) is 2.23. The van der Waals surface area contributed by atoms with Gasteiger partial charge in [-0.3, -0.25) is 0 Å². The normalized spacial score (nSPS) is 11.0. The van der Waals surface area contributed by atoms with Crippen molar-refractivity contribution in [2.75, 3.05) is 26.0 Å². The molecule has 2 aromatic rings. The lowest BCUT2D eigenvalue weighted by molar-refractivity contribution is 0.394. The largest absolute Gasteiger partial charge is 0.355 e. The van der Waals surface area contributed by atoms with E-state index in [0.29, 0.717) is 0 Å². The molecular weight excluding hydrogens is 268 g/mol. The van der Waals surface area contributed by atoms with E-state index < -0.39 is 0 Å². The molecular formula is C20H26N2. The Morgan fingerprint density at radius 2 is 1.64 bits per heavy atom. The maximum Gasteiger partial charge on any atom is 0.0417 e. The predicted molar refractivity (Wildman–Crippen MR) is 96.6 cm³/mol. The predicted octanol–water partition coefficient (Wildman–Crippen LogP) is 4.68. The average molecular weight is 294 g/mol. The van der Waals surface area contributed by atoms with Crippen molar-refractivity contribution < 1.29 is 0 Å². The second kappa shape index (κ2) is 8.00. The first-order chi connectivity index (χ1) is 10.6. The lowest BCUT2D eigenvalue weighted by Crippen LogP contribution is -2.12. The first-order valence-corrected chi connectivity index (χ1v) is 7.84. The number of aryl methyl sites for hydroxylation is 1. The van der Waals surface area contributed by atoms with Gasteiger partial charge in [-0.1, -0.05) is 30.3 Å². The first-order valence-electron chi connectivity index (χ1n) is 7.84. The lowest BCUT2D eigenvalue weighted by atomic mass is 10.0. The van der Waals surface area contributed by atoms with Gasteiger partial charge in [0.2, 0.25) is 0 Å². The summed E-state index contributed by atoms with van der Waals surface area (Å²) in [5.41, 5.74) is 5.47. The number of nitrogens with zero attached hydrogens (tertiary/aromatic N) is 1. The molecule has 0 bridgehead atoms. The highest BCUT2D eigenvalue weighted by Gasteiger charge is 2.03. The maximum atomic E-state index is 4.17. The average Bonchev–Trinajstić information content (AvgIpc) is 2.48. The smallest absolute Gasteiger partial charge is 0.0417 e. The molecule has 2 nitrogen and oxygen atoms in total. The van der Waals surface area contributed by atoms with Gasteiger partial charge in [-0.25, -0.2) is 0 Å². The minimum absolute atomic E-state index is 0.995. The molecule has 2 radical (unpaired) electrons. The van der Waals surface area contributed by atoms with Crippen molar-refractivity contribution in [3.8, 4) is 0 Å². The zero-order chi connectivity index (χ0) is 15.9. The Morgan fingerprint density at radius 3 is 2.32 bits per heavy atom. The standard InChI is InChI=1S/C20H26N2/c1-16-9-5-6-11-19(16)21-20-13-12-18(15-17(20)2)10-7-8-14-22(3)4/h5-6,9,11-13,15,21H,1-2,7-8,10,14H2,3-4H3. The highest BCUT2D eigenvalue weighted by molar-refractivity contribution is 5.67. The molecule has 0 spiro atoms. The zero-order valence-corrected chi connectivity index (χ0v) is 13.7. The van der Waals surface area contributed by atoms with E-state index >= 15 is 0 Å². The molecule has 0 saturated heterocycles. The van der Waals surface area contributed by atoms with Crippen LogP contribution in [0.3, 0.4) is 0 Å². The molecule has 0 aliphatic rings. The van der Waals surface area contributed by atoms with Crippen LogP contribution in [-0.4, -0.2) is 25.5 Å². The van der Waals surface area contributed by atoms with Crippen LogP contribution >= 0.6 is 0 Å². The quantitative estimate of drug-likeness (QED) is 0.746. The number of hydrogen-bond donors (Lipinski definition) is 1. The summed E-state index contributed by atoms with van der Waals surface area (Å²) in [6, 6.07) is 14.5. The molecule has 0 heterocycles. The van der Waals surface area contributed by atoms with Gasteiger partial charge in [0.25, 0.3) is 0 Å². The van der Waals surface area contributed by atoms with E-state index in [1.165, 1.54) is 18.4 Å². The number of anilines is 2. The maximum absolute atomic E-state index is 4.17. The summed E-state index contributed by atoms with van der Waals surface area (Å²) in [6.45, 7) is 9.36. The third kappa shape index (κ3) is 4.88. The second-order valence-electron chi connectivity index (χ2n) is 6.03. The van der Waals surface area contributed by atoms with Gasteiger partial charge in [0.05, 0.1) is 0 Å². The van der Waals surface area contributed by atoms with E-state index in [1.807, 2.05) is 24.3 Å². The fraction of sp³-hybridized carbons (Fsp3) is 0.300. The third-order valence-corrected chi connectivity index (χ3v) is 3.78. The molecule has 116 valence electrons. The summed E-state index contributed by atoms with van der Waals surface area (Å²) in [7, 11) is 4.24. The minimum atomic E-state index is 0.995. The fourth-order valence-corrected chi connectivity index (χ4v) is 2.47. The summed E-state index contributed by atoms with van der Waals surface area (Å²) in [5, 5.41) is 3.42. The van der Waals surface area contributed by atoms with Gasteiger partial charge in [0.15, 0.2) is 0 Å².